The Morgan fingerprint density at radius 3 is 2.65 bits per heavy atom. The molecule has 1 aliphatic heterocycles. The van der Waals surface area contributed by atoms with Crippen LogP contribution in [0.3, 0.4) is 0 Å². The van der Waals surface area contributed by atoms with Gasteiger partial charge < -0.3 is 19.9 Å². The zero-order valence-electron chi connectivity index (χ0n) is 12.5. The molecule has 1 amide bonds. The molecule has 0 bridgehead atoms. The highest BCUT2D eigenvalue weighted by atomic mass is 127. The van der Waals surface area contributed by atoms with Gasteiger partial charge in [-0.15, -0.1) is 0 Å². The average molecular weight is 437 g/mol. The van der Waals surface area contributed by atoms with Crippen LogP contribution in [0, 0.1) is 3.70 Å². The molecular weight excluding hydrogens is 421 g/mol. The minimum atomic E-state index is -0.640. The molecule has 0 saturated carbocycles. The van der Waals surface area contributed by atoms with Crippen LogP contribution in [0.1, 0.15) is 37.0 Å². The lowest BCUT2D eigenvalue weighted by Crippen LogP contribution is -2.31. The molecule has 2 rings (SSSR count). The van der Waals surface area contributed by atoms with Gasteiger partial charge in [0.25, 0.3) is 5.91 Å². The fraction of sp³-hybridized carbons (Fsp3) is 0.538. The lowest BCUT2D eigenvalue weighted by Gasteiger charge is -2.17. The van der Waals surface area contributed by atoms with E-state index in [4.69, 9.17) is 19.9 Å². The van der Waals surface area contributed by atoms with Gasteiger partial charge in [0.15, 0.2) is 5.69 Å². The van der Waals surface area contributed by atoms with E-state index in [0.717, 1.165) is 0 Å². The number of nitrogens with zero attached hydrogens (tertiary/aromatic N) is 2. The molecule has 126 valence electrons. The molecule has 0 radical (unpaired) electrons. The van der Waals surface area contributed by atoms with Crippen molar-refractivity contribution < 1.29 is 28.6 Å². The first-order valence-electron chi connectivity index (χ1n) is 6.77. The first kappa shape index (κ1) is 17.7. The van der Waals surface area contributed by atoms with E-state index in [9.17, 15) is 14.4 Å². The van der Waals surface area contributed by atoms with E-state index < -0.39 is 36.3 Å². The number of aromatic nitrogens is 2. The number of amides is 1. The summed E-state index contributed by atoms with van der Waals surface area (Å²) in [6, 6.07) is 0. The number of hydrogen-bond donors (Lipinski definition) is 1. The molecule has 1 aromatic rings. The molecule has 2 heterocycles. The van der Waals surface area contributed by atoms with Crippen LogP contribution < -0.4 is 5.73 Å². The van der Waals surface area contributed by atoms with Crippen LogP contribution in [0.5, 0.6) is 0 Å². The molecule has 1 fully saturated rings. The third kappa shape index (κ3) is 4.19. The second-order valence-electron chi connectivity index (χ2n) is 4.97. The van der Waals surface area contributed by atoms with Crippen molar-refractivity contribution in [2.24, 2.45) is 5.73 Å². The summed E-state index contributed by atoms with van der Waals surface area (Å²) < 4.78 is 18.1. The zero-order chi connectivity index (χ0) is 17.1. The molecule has 2 N–H and O–H groups in total. The maximum Gasteiger partial charge on any atom is 0.303 e. The van der Waals surface area contributed by atoms with Crippen molar-refractivity contribution in [1.82, 2.24) is 9.55 Å². The van der Waals surface area contributed by atoms with Gasteiger partial charge in [-0.25, -0.2) is 4.98 Å². The van der Waals surface area contributed by atoms with Crippen molar-refractivity contribution in [3.05, 3.63) is 15.7 Å². The highest BCUT2D eigenvalue weighted by molar-refractivity contribution is 14.1. The van der Waals surface area contributed by atoms with Crippen molar-refractivity contribution in [3.8, 4) is 0 Å². The predicted molar refractivity (Wildman–Crippen MR) is 84.2 cm³/mol. The molecule has 23 heavy (non-hydrogen) atoms. The van der Waals surface area contributed by atoms with Gasteiger partial charge in [-0.1, -0.05) is 0 Å². The fourth-order valence-corrected chi connectivity index (χ4v) is 3.11. The summed E-state index contributed by atoms with van der Waals surface area (Å²) in [4.78, 5) is 37.4. The maximum absolute atomic E-state index is 11.3. The summed E-state index contributed by atoms with van der Waals surface area (Å²) in [7, 11) is 0. The molecule has 0 aliphatic carbocycles. The van der Waals surface area contributed by atoms with Crippen LogP contribution in [-0.4, -0.2) is 46.2 Å². The number of carbonyl (C=O) groups is 3. The monoisotopic (exact) mass is 437 g/mol. The lowest BCUT2D eigenvalue weighted by atomic mass is 10.2. The summed E-state index contributed by atoms with van der Waals surface area (Å²) in [6.45, 7) is 2.55. The summed E-state index contributed by atoms with van der Waals surface area (Å²) >= 11 is 1.94. The Labute approximate surface area is 145 Å². The van der Waals surface area contributed by atoms with E-state index >= 15 is 0 Å². The van der Waals surface area contributed by atoms with Crippen LogP contribution >= 0.6 is 22.6 Å². The number of halogens is 1. The van der Waals surface area contributed by atoms with E-state index in [1.165, 1.54) is 20.2 Å². The van der Waals surface area contributed by atoms with Gasteiger partial charge in [0, 0.05) is 20.3 Å². The van der Waals surface area contributed by atoms with Crippen LogP contribution in [0.25, 0.3) is 0 Å². The second kappa shape index (κ2) is 7.25. The van der Waals surface area contributed by atoms with Crippen molar-refractivity contribution in [3.63, 3.8) is 0 Å². The molecule has 0 spiro atoms. The minimum Gasteiger partial charge on any atom is -0.463 e. The second-order valence-corrected chi connectivity index (χ2v) is 5.99. The molecule has 9 nitrogen and oxygen atoms in total. The number of nitrogens with two attached hydrogens (primary N) is 1. The topological polar surface area (TPSA) is 123 Å². The highest BCUT2D eigenvalue weighted by Gasteiger charge is 2.40. The average Bonchev–Trinajstić information content (AvgIpc) is 2.99. The molecule has 10 heteroatoms. The Morgan fingerprint density at radius 2 is 2.13 bits per heavy atom. The van der Waals surface area contributed by atoms with Crippen molar-refractivity contribution in [2.45, 2.75) is 38.7 Å². The number of rotatable bonds is 5. The Balaban J connectivity index is 2.16. The van der Waals surface area contributed by atoms with Crippen molar-refractivity contribution in [1.29, 1.82) is 0 Å². The van der Waals surface area contributed by atoms with Gasteiger partial charge in [-0.05, 0) is 22.6 Å². The largest absolute Gasteiger partial charge is 0.463 e. The third-order valence-corrected chi connectivity index (χ3v) is 4.29. The molecule has 3 atom stereocenters. The van der Waals surface area contributed by atoms with Gasteiger partial charge >= 0.3 is 11.9 Å². The smallest absolute Gasteiger partial charge is 0.303 e. The number of hydrogen-bond acceptors (Lipinski definition) is 7. The van der Waals surface area contributed by atoms with Gasteiger partial charge in [0.1, 0.15) is 28.7 Å². The Bertz CT molecular complexity index is 631. The van der Waals surface area contributed by atoms with Gasteiger partial charge in [-0.3, -0.25) is 19.0 Å². The highest BCUT2D eigenvalue weighted by Crippen LogP contribution is 2.33. The molecule has 0 unspecified atom stereocenters. The third-order valence-electron chi connectivity index (χ3n) is 3.23. The number of esters is 2. The van der Waals surface area contributed by atoms with E-state index in [1.807, 2.05) is 22.6 Å². The van der Waals surface area contributed by atoms with Gasteiger partial charge in [0.2, 0.25) is 0 Å². The number of imidazole rings is 1. The van der Waals surface area contributed by atoms with E-state index in [2.05, 4.69) is 4.98 Å². The summed E-state index contributed by atoms with van der Waals surface area (Å²) in [5.41, 5.74) is 5.38. The van der Waals surface area contributed by atoms with Gasteiger partial charge in [-0.2, -0.15) is 0 Å². The van der Waals surface area contributed by atoms with E-state index in [-0.39, 0.29) is 12.3 Å². The first-order chi connectivity index (χ1) is 10.8. The molecule has 1 saturated heterocycles. The summed E-state index contributed by atoms with van der Waals surface area (Å²) in [5.74, 6) is -1.55. The molecule has 1 aliphatic rings. The van der Waals surface area contributed by atoms with E-state index in [1.54, 1.807) is 4.57 Å². The number of primary amides is 1. The predicted octanol–water partition coefficient (Wildman–Crippen LogP) is 0.369. The van der Waals surface area contributed by atoms with Crippen LogP contribution in [-0.2, 0) is 23.8 Å². The van der Waals surface area contributed by atoms with Crippen LogP contribution in [0.4, 0.5) is 0 Å². The van der Waals surface area contributed by atoms with Crippen LogP contribution in [0.15, 0.2) is 6.33 Å². The van der Waals surface area contributed by atoms with E-state index in [0.29, 0.717) is 10.1 Å². The SMILES string of the molecule is CC(=O)OC[C@H]1O[C@@H](n2cnc(C(N)=O)c2I)C[C@@H]1OC(C)=O. The summed E-state index contributed by atoms with van der Waals surface area (Å²) in [6.07, 6.45) is 0.115. The first-order valence-corrected chi connectivity index (χ1v) is 7.85. The molecular formula is C13H16IN3O6. The Morgan fingerprint density at radius 1 is 1.43 bits per heavy atom. The fourth-order valence-electron chi connectivity index (χ4n) is 2.27. The van der Waals surface area contributed by atoms with Gasteiger partial charge in [0.05, 0.1) is 6.33 Å². The minimum absolute atomic E-state index is 0.0300. The van der Waals surface area contributed by atoms with Crippen molar-refractivity contribution in [2.75, 3.05) is 6.61 Å². The van der Waals surface area contributed by atoms with Crippen LogP contribution in [0.2, 0.25) is 0 Å². The number of carbonyl (C=O) groups excluding carboxylic acids is 3. The zero-order valence-corrected chi connectivity index (χ0v) is 14.7. The quantitative estimate of drug-likeness (QED) is 0.522. The Kier molecular flexibility index (Phi) is 5.57. The Hall–Kier alpha value is -1.69. The lowest BCUT2D eigenvalue weighted by molar-refractivity contribution is -0.155. The molecule has 0 aromatic carbocycles. The normalized spacial score (nSPS) is 23.5. The molecule has 1 aromatic heterocycles. The summed E-state index contributed by atoms with van der Waals surface area (Å²) in [5, 5.41) is 0. The number of ether oxygens (including phenoxy) is 3. The maximum atomic E-state index is 11.3. The standard InChI is InChI=1S/C13H16IN3O6/c1-6(18)21-4-9-8(22-7(2)19)3-10(23-9)17-5-16-11(12(17)14)13(15)20/h5,8-10H,3-4H2,1-2H3,(H2,15,20)/t8-,9+,10+/m0/s1. The van der Waals surface area contributed by atoms with Crippen molar-refractivity contribution >= 4 is 40.4 Å².